The van der Waals surface area contributed by atoms with Crippen LogP contribution in [0.3, 0.4) is 0 Å². The first kappa shape index (κ1) is 15.1. The highest BCUT2D eigenvalue weighted by atomic mass is 16.5. The fourth-order valence-electron chi connectivity index (χ4n) is 3.74. The van der Waals surface area contributed by atoms with Crippen molar-refractivity contribution >= 4 is 22.2 Å². The third-order valence-corrected chi connectivity index (χ3v) is 5.13. The molecule has 1 aliphatic heterocycles. The van der Waals surface area contributed by atoms with E-state index in [9.17, 15) is 0 Å². The average molecular weight is 345 g/mol. The van der Waals surface area contributed by atoms with Crippen LogP contribution in [0.15, 0.2) is 42.5 Å². The fraction of sp³-hybridized carbons (Fsp3) is 0.250. The highest BCUT2D eigenvalue weighted by Crippen LogP contribution is 2.32. The Morgan fingerprint density at radius 1 is 1.00 bits per heavy atom. The Morgan fingerprint density at radius 3 is 2.69 bits per heavy atom. The lowest BCUT2D eigenvalue weighted by Gasteiger charge is -2.30. The van der Waals surface area contributed by atoms with Crippen molar-refractivity contribution in [2.45, 2.75) is 19.9 Å². The van der Waals surface area contributed by atoms with Crippen molar-refractivity contribution in [3.8, 4) is 5.75 Å². The number of rotatable bonds is 2. The second-order valence-corrected chi connectivity index (χ2v) is 6.66. The van der Waals surface area contributed by atoms with Crippen LogP contribution >= 0.6 is 0 Å². The summed E-state index contributed by atoms with van der Waals surface area (Å²) in [6.45, 7) is 3.68. The summed E-state index contributed by atoms with van der Waals surface area (Å²) < 4.78 is 7.25. The lowest BCUT2D eigenvalue weighted by molar-refractivity contribution is 0.413. The molecule has 0 saturated carbocycles. The van der Waals surface area contributed by atoms with Crippen molar-refractivity contribution in [1.82, 2.24) is 19.8 Å². The largest absolute Gasteiger partial charge is 0.497 e. The molecule has 0 unspecified atom stereocenters. The SMILES string of the molecule is COc1ccc2c(c1)CN(c1nn3c(C)nnc3c3ccccc13)CC2. The van der Waals surface area contributed by atoms with Crippen LogP contribution in [0.25, 0.3) is 16.4 Å². The molecule has 2 aromatic heterocycles. The molecule has 2 aromatic carbocycles. The summed E-state index contributed by atoms with van der Waals surface area (Å²) in [5.41, 5.74) is 3.48. The van der Waals surface area contributed by atoms with Gasteiger partial charge in [0.15, 0.2) is 17.3 Å². The van der Waals surface area contributed by atoms with Crippen molar-refractivity contribution in [3.05, 3.63) is 59.4 Å². The number of aryl methyl sites for hydroxylation is 1. The molecule has 0 amide bonds. The van der Waals surface area contributed by atoms with Gasteiger partial charge in [-0.15, -0.1) is 15.3 Å². The molecule has 0 atom stereocenters. The number of hydrogen-bond donors (Lipinski definition) is 0. The van der Waals surface area contributed by atoms with E-state index in [-0.39, 0.29) is 0 Å². The van der Waals surface area contributed by atoms with E-state index in [0.717, 1.165) is 53.3 Å². The molecule has 130 valence electrons. The summed E-state index contributed by atoms with van der Waals surface area (Å²) >= 11 is 0. The quantitative estimate of drug-likeness (QED) is 0.559. The number of benzene rings is 2. The lowest BCUT2D eigenvalue weighted by Crippen LogP contribution is -2.31. The van der Waals surface area contributed by atoms with E-state index in [0.29, 0.717) is 0 Å². The Bertz CT molecular complexity index is 1130. The predicted octanol–water partition coefficient (Wildman–Crippen LogP) is 3.16. The Labute approximate surface area is 151 Å². The Hall–Kier alpha value is -3.15. The van der Waals surface area contributed by atoms with Crippen molar-refractivity contribution in [3.63, 3.8) is 0 Å². The van der Waals surface area contributed by atoms with E-state index in [1.54, 1.807) is 7.11 Å². The van der Waals surface area contributed by atoms with Crippen LogP contribution in [0.5, 0.6) is 5.75 Å². The van der Waals surface area contributed by atoms with Crippen LogP contribution in [0.1, 0.15) is 17.0 Å². The van der Waals surface area contributed by atoms with Gasteiger partial charge in [-0.3, -0.25) is 0 Å². The topological polar surface area (TPSA) is 55.5 Å². The van der Waals surface area contributed by atoms with Gasteiger partial charge in [0.25, 0.3) is 0 Å². The molecule has 0 bridgehead atoms. The Kier molecular flexibility index (Phi) is 3.31. The molecular weight excluding hydrogens is 326 g/mol. The van der Waals surface area contributed by atoms with E-state index in [4.69, 9.17) is 9.84 Å². The van der Waals surface area contributed by atoms with Gasteiger partial charge in [0.1, 0.15) is 5.75 Å². The minimum atomic E-state index is 0.797. The number of hydrogen-bond acceptors (Lipinski definition) is 5. The van der Waals surface area contributed by atoms with Crippen LogP contribution in [-0.4, -0.2) is 33.5 Å². The lowest BCUT2D eigenvalue weighted by atomic mass is 9.99. The molecule has 5 rings (SSSR count). The zero-order valence-electron chi connectivity index (χ0n) is 14.8. The second kappa shape index (κ2) is 5.69. The first-order chi connectivity index (χ1) is 12.7. The van der Waals surface area contributed by atoms with Crippen molar-refractivity contribution < 1.29 is 4.74 Å². The molecule has 0 N–H and O–H groups in total. The molecule has 1 aliphatic rings. The monoisotopic (exact) mass is 345 g/mol. The maximum Gasteiger partial charge on any atom is 0.185 e. The predicted molar refractivity (Wildman–Crippen MR) is 101 cm³/mol. The fourth-order valence-corrected chi connectivity index (χ4v) is 3.74. The molecule has 3 heterocycles. The maximum absolute atomic E-state index is 5.40. The summed E-state index contributed by atoms with van der Waals surface area (Å²) in [7, 11) is 1.71. The number of anilines is 1. The van der Waals surface area contributed by atoms with Gasteiger partial charge in [-0.2, -0.15) is 4.52 Å². The standard InChI is InChI=1S/C20H19N5O/c1-13-21-22-19-17-5-3-4-6-18(17)20(23-25(13)19)24-10-9-14-7-8-16(26-2)11-15(14)12-24/h3-8,11H,9-10,12H2,1-2H3. The first-order valence-electron chi connectivity index (χ1n) is 8.76. The first-order valence-corrected chi connectivity index (χ1v) is 8.76. The highest BCUT2D eigenvalue weighted by molar-refractivity contribution is 6.00. The van der Waals surface area contributed by atoms with Gasteiger partial charge in [0, 0.05) is 23.9 Å². The number of ether oxygens (including phenoxy) is 1. The molecule has 0 radical (unpaired) electrons. The number of fused-ring (bicyclic) bond motifs is 4. The van der Waals surface area contributed by atoms with Gasteiger partial charge >= 0.3 is 0 Å². The van der Waals surface area contributed by atoms with Gasteiger partial charge < -0.3 is 9.64 Å². The third kappa shape index (κ3) is 2.22. The summed E-state index contributed by atoms with van der Waals surface area (Å²) in [5.74, 6) is 2.67. The van der Waals surface area contributed by atoms with Crippen LogP contribution in [0, 0.1) is 6.92 Å². The summed E-state index contributed by atoms with van der Waals surface area (Å²) in [6, 6.07) is 14.6. The van der Waals surface area contributed by atoms with E-state index in [2.05, 4.69) is 39.4 Å². The van der Waals surface area contributed by atoms with Gasteiger partial charge in [0.05, 0.1) is 7.11 Å². The van der Waals surface area contributed by atoms with Crippen molar-refractivity contribution in [2.75, 3.05) is 18.6 Å². The molecule has 0 aliphatic carbocycles. The molecule has 0 fully saturated rings. The smallest absolute Gasteiger partial charge is 0.185 e. The number of methoxy groups -OCH3 is 1. The molecule has 6 heteroatoms. The van der Waals surface area contributed by atoms with Gasteiger partial charge in [-0.05, 0) is 36.6 Å². The van der Waals surface area contributed by atoms with Crippen LogP contribution < -0.4 is 9.64 Å². The van der Waals surface area contributed by atoms with Gasteiger partial charge in [-0.1, -0.05) is 30.3 Å². The van der Waals surface area contributed by atoms with Gasteiger partial charge in [-0.25, -0.2) is 0 Å². The van der Waals surface area contributed by atoms with E-state index < -0.39 is 0 Å². The van der Waals surface area contributed by atoms with E-state index in [1.807, 2.05) is 29.6 Å². The third-order valence-electron chi connectivity index (χ3n) is 5.13. The highest BCUT2D eigenvalue weighted by Gasteiger charge is 2.22. The molecule has 0 saturated heterocycles. The number of nitrogens with zero attached hydrogens (tertiary/aromatic N) is 5. The minimum absolute atomic E-state index is 0.797. The molecule has 26 heavy (non-hydrogen) atoms. The Morgan fingerprint density at radius 2 is 1.85 bits per heavy atom. The van der Waals surface area contributed by atoms with Crippen LogP contribution in [0.4, 0.5) is 5.82 Å². The number of aromatic nitrogens is 4. The van der Waals surface area contributed by atoms with Crippen LogP contribution in [0.2, 0.25) is 0 Å². The van der Waals surface area contributed by atoms with Crippen molar-refractivity contribution in [1.29, 1.82) is 0 Å². The summed E-state index contributed by atoms with van der Waals surface area (Å²) in [5, 5.41) is 15.6. The zero-order chi connectivity index (χ0) is 17.7. The zero-order valence-corrected chi connectivity index (χ0v) is 14.8. The molecular formula is C20H19N5O. The van der Waals surface area contributed by atoms with Gasteiger partial charge in [0.2, 0.25) is 0 Å². The molecule has 0 spiro atoms. The maximum atomic E-state index is 5.40. The summed E-state index contributed by atoms with van der Waals surface area (Å²) in [6.07, 6.45) is 0.995. The van der Waals surface area contributed by atoms with E-state index in [1.165, 1.54) is 11.1 Å². The molecule has 4 aromatic rings. The summed E-state index contributed by atoms with van der Waals surface area (Å²) in [4.78, 5) is 2.34. The minimum Gasteiger partial charge on any atom is -0.497 e. The second-order valence-electron chi connectivity index (χ2n) is 6.66. The average Bonchev–Trinajstić information content (AvgIpc) is 3.07. The van der Waals surface area contributed by atoms with E-state index >= 15 is 0 Å². The van der Waals surface area contributed by atoms with Crippen molar-refractivity contribution in [2.24, 2.45) is 0 Å². The normalized spacial score (nSPS) is 14.0. The van der Waals surface area contributed by atoms with Crippen LogP contribution in [-0.2, 0) is 13.0 Å². The Balaban J connectivity index is 1.67. The molecule has 6 nitrogen and oxygen atoms in total.